The number of carboxylic acid groups (broad SMARTS) is 1. The van der Waals surface area contributed by atoms with Crippen LogP contribution in [0.15, 0.2) is 0 Å². The first-order valence-electron chi connectivity index (χ1n) is 6.95. The molecule has 1 aliphatic heterocycles. The van der Waals surface area contributed by atoms with Gasteiger partial charge >= 0.3 is 12.0 Å². The van der Waals surface area contributed by atoms with E-state index in [-0.39, 0.29) is 31.6 Å². The molecule has 8 nitrogen and oxygen atoms in total. The highest BCUT2D eigenvalue weighted by molar-refractivity contribution is 7.88. The van der Waals surface area contributed by atoms with Gasteiger partial charge in [0.15, 0.2) is 0 Å². The lowest BCUT2D eigenvalue weighted by Crippen LogP contribution is -2.43. The molecule has 2 amide bonds. The Hall–Kier alpha value is -1.35. The first-order valence-corrected chi connectivity index (χ1v) is 8.84. The lowest BCUT2D eigenvalue weighted by Gasteiger charge is -2.23. The van der Waals surface area contributed by atoms with Gasteiger partial charge in [0.25, 0.3) is 0 Å². The normalized spacial score (nSPS) is 28.4. The minimum Gasteiger partial charge on any atom is -0.481 e. The number of likely N-dealkylation sites (tertiary alicyclic amines) is 1. The number of fused-ring (bicyclic) bond motifs is 1. The van der Waals surface area contributed by atoms with E-state index >= 15 is 0 Å². The van der Waals surface area contributed by atoms with E-state index in [1.54, 1.807) is 0 Å². The lowest BCUT2D eigenvalue weighted by molar-refractivity contribution is -0.149. The van der Waals surface area contributed by atoms with Crippen molar-refractivity contribution >= 4 is 22.0 Å². The highest BCUT2D eigenvalue weighted by Crippen LogP contribution is 2.48. The van der Waals surface area contributed by atoms with Crippen molar-refractivity contribution in [3.63, 3.8) is 0 Å². The van der Waals surface area contributed by atoms with E-state index in [0.29, 0.717) is 13.0 Å². The Bertz CT molecular complexity index is 535. The summed E-state index contributed by atoms with van der Waals surface area (Å²) in [7, 11) is -3.27. The molecule has 0 aromatic rings. The summed E-state index contributed by atoms with van der Waals surface area (Å²) in [5, 5.41) is 12.1. The molecule has 2 aliphatic rings. The number of nitrogens with zero attached hydrogens (tertiary/aromatic N) is 1. The number of hydrogen-bond acceptors (Lipinski definition) is 4. The molecule has 120 valence electrons. The standard InChI is InChI=1S/C12H21N3O5S/c1-21(19,20)14-6-5-13-11(18)15-7-9-3-2-4-12(9,8-15)10(16)17/h9,14H,2-8H2,1H3,(H,13,18)(H,16,17)/t9-,12+/m0/s1. The number of aliphatic carboxylic acids is 1. The molecule has 2 atom stereocenters. The molecule has 0 unspecified atom stereocenters. The lowest BCUT2D eigenvalue weighted by atomic mass is 9.81. The third-order valence-electron chi connectivity index (χ3n) is 4.35. The summed E-state index contributed by atoms with van der Waals surface area (Å²) in [4.78, 5) is 25.0. The molecule has 2 fully saturated rings. The summed E-state index contributed by atoms with van der Waals surface area (Å²) in [6.07, 6.45) is 3.40. The van der Waals surface area contributed by atoms with Crippen LogP contribution in [0.25, 0.3) is 0 Å². The Kier molecular flexibility index (Phi) is 4.43. The van der Waals surface area contributed by atoms with Crippen molar-refractivity contribution in [1.82, 2.24) is 14.9 Å². The van der Waals surface area contributed by atoms with Gasteiger partial charge < -0.3 is 15.3 Å². The van der Waals surface area contributed by atoms with Gasteiger partial charge in [0, 0.05) is 26.2 Å². The van der Waals surface area contributed by atoms with Crippen molar-refractivity contribution in [3.05, 3.63) is 0 Å². The molecule has 0 aromatic heterocycles. The second kappa shape index (κ2) is 5.80. The van der Waals surface area contributed by atoms with Crippen LogP contribution in [-0.2, 0) is 14.8 Å². The van der Waals surface area contributed by atoms with Gasteiger partial charge in [-0.15, -0.1) is 0 Å². The molecule has 1 heterocycles. The Labute approximate surface area is 123 Å². The van der Waals surface area contributed by atoms with Gasteiger partial charge in [-0.2, -0.15) is 0 Å². The summed E-state index contributed by atoms with van der Waals surface area (Å²) in [6.45, 7) is 0.981. The molecule has 2 rings (SSSR count). The maximum absolute atomic E-state index is 12.0. The number of amides is 2. The van der Waals surface area contributed by atoms with Crippen LogP contribution in [0.3, 0.4) is 0 Å². The van der Waals surface area contributed by atoms with Gasteiger partial charge in [-0.05, 0) is 18.8 Å². The average molecular weight is 319 g/mol. The molecule has 3 N–H and O–H groups in total. The molecule has 0 spiro atoms. The fourth-order valence-electron chi connectivity index (χ4n) is 3.31. The summed E-state index contributed by atoms with van der Waals surface area (Å²) < 4.78 is 24.0. The van der Waals surface area contributed by atoms with Crippen molar-refractivity contribution in [2.45, 2.75) is 19.3 Å². The number of carbonyl (C=O) groups excluding carboxylic acids is 1. The van der Waals surface area contributed by atoms with Crippen LogP contribution in [0.4, 0.5) is 4.79 Å². The van der Waals surface area contributed by atoms with Crippen molar-refractivity contribution in [2.75, 3.05) is 32.4 Å². The van der Waals surface area contributed by atoms with Crippen LogP contribution in [0.5, 0.6) is 0 Å². The van der Waals surface area contributed by atoms with Crippen molar-refractivity contribution in [1.29, 1.82) is 0 Å². The minimum atomic E-state index is -3.27. The van der Waals surface area contributed by atoms with Gasteiger partial charge in [-0.3, -0.25) is 4.79 Å². The third-order valence-corrected chi connectivity index (χ3v) is 5.08. The topological polar surface area (TPSA) is 116 Å². The van der Waals surface area contributed by atoms with Crippen LogP contribution in [-0.4, -0.2) is 62.9 Å². The van der Waals surface area contributed by atoms with Crippen LogP contribution in [0, 0.1) is 11.3 Å². The third kappa shape index (κ3) is 3.46. The van der Waals surface area contributed by atoms with E-state index in [4.69, 9.17) is 0 Å². The predicted octanol–water partition coefficient (Wildman–Crippen LogP) is -0.568. The Balaban J connectivity index is 1.84. The smallest absolute Gasteiger partial charge is 0.317 e. The minimum absolute atomic E-state index is 0.0231. The molecule has 0 aromatic carbocycles. The largest absolute Gasteiger partial charge is 0.481 e. The SMILES string of the molecule is CS(=O)(=O)NCCNC(=O)N1C[C@@H]2CCC[C@@]2(C(=O)O)C1. The van der Waals surface area contributed by atoms with E-state index in [2.05, 4.69) is 10.0 Å². The van der Waals surface area contributed by atoms with E-state index in [0.717, 1.165) is 19.1 Å². The van der Waals surface area contributed by atoms with E-state index in [9.17, 15) is 23.1 Å². The van der Waals surface area contributed by atoms with Gasteiger partial charge in [0.2, 0.25) is 10.0 Å². The van der Waals surface area contributed by atoms with Crippen LogP contribution in [0.1, 0.15) is 19.3 Å². The quantitative estimate of drug-likeness (QED) is 0.587. The van der Waals surface area contributed by atoms with Crippen molar-refractivity contribution in [2.24, 2.45) is 11.3 Å². The maximum Gasteiger partial charge on any atom is 0.317 e. The first kappa shape index (κ1) is 16.0. The molecule has 1 saturated carbocycles. The summed E-state index contributed by atoms with van der Waals surface area (Å²) >= 11 is 0. The zero-order chi connectivity index (χ0) is 15.7. The van der Waals surface area contributed by atoms with Crippen LogP contribution in [0.2, 0.25) is 0 Å². The monoisotopic (exact) mass is 319 g/mol. The maximum atomic E-state index is 12.0. The van der Waals surface area contributed by atoms with Crippen molar-refractivity contribution < 1.29 is 23.1 Å². The fourth-order valence-corrected chi connectivity index (χ4v) is 3.78. The molecule has 1 saturated heterocycles. The number of urea groups is 1. The van der Waals surface area contributed by atoms with Crippen LogP contribution >= 0.6 is 0 Å². The predicted molar refractivity (Wildman–Crippen MR) is 75.2 cm³/mol. The van der Waals surface area contributed by atoms with E-state index in [1.165, 1.54) is 4.90 Å². The Morgan fingerprint density at radius 3 is 2.67 bits per heavy atom. The summed E-state index contributed by atoms with van der Waals surface area (Å²) in [5.74, 6) is -0.797. The molecule has 21 heavy (non-hydrogen) atoms. The number of hydrogen-bond donors (Lipinski definition) is 3. The van der Waals surface area contributed by atoms with E-state index < -0.39 is 21.4 Å². The zero-order valence-corrected chi connectivity index (χ0v) is 12.8. The van der Waals surface area contributed by atoms with E-state index in [1.807, 2.05) is 0 Å². The highest BCUT2D eigenvalue weighted by atomic mass is 32.2. The van der Waals surface area contributed by atoms with Crippen molar-refractivity contribution in [3.8, 4) is 0 Å². The van der Waals surface area contributed by atoms with Gasteiger partial charge in [0.1, 0.15) is 0 Å². The zero-order valence-electron chi connectivity index (χ0n) is 12.0. The molecule has 1 aliphatic carbocycles. The fraction of sp³-hybridized carbons (Fsp3) is 0.833. The van der Waals surface area contributed by atoms with Crippen LogP contribution < -0.4 is 10.0 Å². The second-order valence-corrected chi connectivity index (χ2v) is 7.66. The molecular formula is C12H21N3O5S. The van der Waals surface area contributed by atoms with Gasteiger partial charge in [-0.1, -0.05) is 6.42 Å². The number of carbonyl (C=O) groups is 2. The molecular weight excluding hydrogens is 298 g/mol. The molecule has 0 radical (unpaired) electrons. The number of rotatable bonds is 5. The second-order valence-electron chi connectivity index (χ2n) is 5.83. The number of nitrogens with one attached hydrogen (secondary N) is 2. The number of carboxylic acids is 1. The Morgan fingerprint density at radius 1 is 1.38 bits per heavy atom. The molecule has 0 bridgehead atoms. The highest BCUT2D eigenvalue weighted by Gasteiger charge is 2.55. The molecule has 9 heteroatoms. The number of sulfonamides is 1. The average Bonchev–Trinajstić information content (AvgIpc) is 2.90. The van der Waals surface area contributed by atoms with Gasteiger partial charge in [-0.25, -0.2) is 17.9 Å². The summed E-state index contributed by atoms with van der Waals surface area (Å²) in [5.41, 5.74) is -0.789. The Morgan fingerprint density at radius 2 is 2.10 bits per heavy atom. The van der Waals surface area contributed by atoms with Gasteiger partial charge in [0.05, 0.1) is 11.7 Å². The first-order chi connectivity index (χ1) is 9.74. The summed E-state index contributed by atoms with van der Waals surface area (Å²) in [6, 6.07) is -0.333.